The lowest BCUT2D eigenvalue weighted by Crippen LogP contribution is -2.24. The van der Waals surface area contributed by atoms with Crippen LogP contribution in [0.1, 0.15) is 5.56 Å². The van der Waals surface area contributed by atoms with Crippen LogP contribution < -0.4 is 4.74 Å². The Bertz CT molecular complexity index is 496. The van der Waals surface area contributed by atoms with Crippen molar-refractivity contribution in [3.8, 4) is 5.75 Å². The maximum Gasteiger partial charge on any atom is 0.168 e. The Morgan fingerprint density at radius 2 is 2.29 bits per heavy atom. The average molecular weight is 246 g/mol. The molecule has 2 heterocycles. The second kappa shape index (κ2) is 4.45. The minimum absolute atomic E-state index is 0.622. The number of rotatable bonds is 3. The first-order chi connectivity index (χ1) is 8.34. The van der Waals surface area contributed by atoms with E-state index in [1.54, 1.807) is 11.8 Å². The summed E-state index contributed by atoms with van der Waals surface area (Å²) in [5, 5.41) is 3.25. The molecular formula is C13H14N2OS. The Kier molecular flexibility index (Phi) is 2.81. The molecule has 88 valence electrons. The van der Waals surface area contributed by atoms with Gasteiger partial charge in [-0.2, -0.15) is 0 Å². The normalized spacial score (nSPS) is 17.8. The van der Waals surface area contributed by atoms with Crippen LogP contribution in [0.25, 0.3) is 0 Å². The van der Waals surface area contributed by atoms with E-state index in [4.69, 9.17) is 4.74 Å². The summed E-state index contributed by atoms with van der Waals surface area (Å²) in [6, 6.07) is 8.10. The Labute approximate surface area is 105 Å². The average Bonchev–Trinajstić information content (AvgIpc) is 2.91. The van der Waals surface area contributed by atoms with Crippen molar-refractivity contribution in [2.75, 3.05) is 19.7 Å². The van der Waals surface area contributed by atoms with Gasteiger partial charge in [-0.3, -0.25) is 4.99 Å². The number of ether oxygens (including phenoxy) is 1. The molecule has 1 aromatic rings. The summed E-state index contributed by atoms with van der Waals surface area (Å²) in [5.74, 6) is 0.961. The van der Waals surface area contributed by atoms with Gasteiger partial charge in [0.2, 0.25) is 0 Å². The Morgan fingerprint density at radius 1 is 1.41 bits per heavy atom. The molecule has 0 fully saturated rings. The number of thioether (sulfide) groups is 1. The molecule has 3 rings (SSSR count). The van der Waals surface area contributed by atoms with Crippen LogP contribution in [0.5, 0.6) is 5.75 Å². The number of benzene rings is 1. The third-order valence-electron chi connectivity index (χ3n) is 2.92. The van der Waals surface area contributed by atoms with Crippen molar-refractivity contribution in [2.45, 2.75) is 6.92 Å². The maximum absolute atomic E-state index is 5.85. The number of aryl methyl sites for hydroxylation is 1. The lowest BCUT2D eigenvalue weighted by molar-refractivity contribution is 0.320. The number of amidine groups is 1. The molecule has 0 N–H and O–H groups in total. The van der Waals surface area contributed by atoms with Crippen LogP contribution in [-0.2, 0) is 0 Å². The van der Waals surface area contributed by atoms with E-state index in [0.717, 1.165) is 24.0 Å². The highest BCUT2D eigenvalue weighted by Crippen LogP contribution is 2.29. The number of hydrogen-bond donors (Lipinski definition) is 0. The summed E-state index contributed by atoms with van der Waals surface area (Å²) in [5.41, 5.74) is 2.39. The van der Waals surface area contributed by atoms with Crippen molar-refractivity contribution in [3.05, 3.63) is 40.9 Å². The Hall–Kier alpha value is -1.42. The van der Waals surface area contributed by atoms with Gasteiger partial charge in [-0.1, -0.05) is 30.0 Å². The van der Waals surface area contributed by atoms with Crippen LogP contribution in [-0.4, -0.2) is 29.8 Å². The van der Waals surface area contributed by atoms with Crippen molar-refractivity contribution in [1.82, 2.24) is 4.90 Å². The Morgan fingerprint density at radius 3 is 3.18 bits per heavy atom. The summed E-state index contributed by atoms with van der Waals surface area (Å²) >= 11 is 1.69. The van der Waals surface area contributed by atoms with Crippen molar-refractivity contribution in [2.24, 2.45) is 4.99 Å². The van der Waals surface area contributed by atoms with Gasteiger partial charge in [-0.25, -0.2) is 0 Å². The molecular weight excluding hydrogens is 232 g/mol. The fourth-order valence-corrected chi connectivity index (χ4v) is 2.90. The monoisotopic (exact) mass is 246 g/mol. The van der Waals surface area contributed by atoms with E-state index in [0.29, 0.717) is 6.61 Å². The smallest absolute Gasteiger partial charge is 0.168 e. The first kappa shape index (κ1) is 10.7. The van der Waals surface area contributed by atoms with Crippen LogP contribution in [0.15, 0.2) is 40.4 Å². The SMILES string of the molecule is Cc1ccccc1OCC1=CSC2=NCCN12. The molecule has 0 spiro atoms. The molecule has 1 aromatic carbocycles. The van der Waals surface area contributed by atoms with E-state index in [2.05, 4.69) is 28.3 Å². The maximum atomic E-state index is 5.85. The van der Waals surface area contributed by atoms with Gasteiger partial charge in [0.25, 0.3) is 0 Å². The number of hydrogen-bond acceptors (Lipinski definition) is 4. The molecule has 0 radical (unpaired) electrons. The van der Waals surface area contributed by atoms with Gasteiger partial charge in [0, 0.05) is 12.0 Å². The number of fused-ring (bicyclic) bond motifs is 1. The molecule has 0 saturated carbocycles. The standard InChI is InChI=1S/C13H14N2OS/c1-10-4-2-3-5-12(10)16-8-11-9-17-13-14-6-7-15(11)13/h2-5,9H,6-8H2,1H3. The summed E-state index contributed by atoms with van der Waals surface area (Å²) < 4.78 is 5.85. The molecule has 0 aromatic heterocycles. The molecule has 0 atom stereocenters. The summed E-state index contributed by atoms with van der Waals surface area (Å²) in [6.07, 6.45) is 0. The van der Waals surface area contributed by atoms with Gasteiger partial charge in [-0.15, -0.1) is 0 Å². The fraction of sp³-hybridized carbons (Fsp3) is 0.308. The van der Waals surface area contributed by atoms with Crippen LogP contribution in [0.3, 0.4) is 0 Å². The molecule has 0 amide bonds. The second-order valence-electron chi connectivity index (χ2n) is 4.10. The lowest BCUT2D eigenvalue weighted by atomic mass is 10.2. The molecule has 3 nitrogen and oxygen atoms in total. The predicted octanol–water partition coefficient (Wildman–Crippen LogP) is 2.63. The van der Waals surface area contributed by atoms with Crippen molar-refractivity contribution in [1.29, 1.82) is 0 Å². The number of para-hydroxylation sites is 1. The zero-order valence-corrected chi connectivity index (χ0v) is 10.5. The van der Waals surface area contributed by atoms with Crippen molar-refractivity contribution >= 4 is 16.9 Å². The summed E-state index contributed by atoms with van der Waals surface area (Å²) in [6.45, 7) is 4.59. The van der Waals surface area contributed by atoms with Crippen molar-refractivity contribution < 1.29 is 4.74 Å². The minimum Gasteiger partial charge on any atom is -0.487 e. The van der Waals surface area contributed by atoms with Gasteiger partial charge in [0.1, 0.15) is 12.4 Å². The molecule has 0 bridgehead atoms. The van der Waals surface area contributed by atoms with Crippen LogP contribution in [0, 0.1) is 6.92 Å². The molecule has 0 aliphatic carbocycles. The van der Waals surface area contributed by atoms with Crippen LogP contribution in [0.4, 0.5) is 0 Å². The first-order valence-electron chi connectivity index (χ1n) is 5.71. The lowest BCUT2D eigenvalue weighted by Gasteiger charge is -2.17. The minimum atomic E-state index is 0.622. The fourth-order valence-electron chi connectivity index (χ4n) is 1.96. The molecule has 4 heteroatoms. The van der Waals surface area contributed by atoms with E-state index < -0.39 is 0 Å². The van der Waals surface area contributed by atoms with Gasteiger partial charge >= 0.3 is 0 Å². The van der Waals surface area contributed by atoms with Gasteiger partial charge in [0.15, 0.2) is 5.17 Å². The van der Waals surface area contributed by atoms with Gasteiger partial charge in [0.05, 0.1) is 12.2 Å². The Balaban J connectivity index is 1.66. The highest BCUT2D eigenvalue weighted by molar-refractivity contribution is 8.16. The van der Waals surface area contributed by atoms with E-state index in [1.807, 2.05) is 18.2 Å². The van der Waals surface area contributed by atoms with E-state index >= 15 is 0 Å². The summed E-state index contributed by atoms with van der Waals surface area (Å²) in [4.78, 5) is 6.66. The third-order valence-corrected chi connectivity index (χ3v) is 3.87. The molecule has 0 unspecified atom stereocenters. The molecule has 0 saturated heterocycles. The predicted molar refractivity (Wildman–Crippen MR) is 71.4 cm³/mol. The van der Waals surface area contributed by atoms with E-state index in [-0.39, 0.29) is 0 Å². The highest BCUT2D eigenvalue weighted by atomic mass is 32.2. The number of nitrogens with zero attached hydrogens (tertiary/aromatic N) is 2. The number of aliphatic imine (C=N–C) groups is 1. The molecule has 17 heavy (non-hydrogen) atoms. The quantitative estimate of drug-likeness (QED) is 0.819. The second-order valence-corrected chi connectivity index (χ2v) is 4.93. The molecule has 2 aliphatic rings. The molecule has 2 aliphatic heterocycles. The van der Waals surface area contributed by atoms with Gasteiger partial charge < -0.3 is 9.64 Å². The van der Waals surface area contributed by atoms with Crippen LogP contribution >= 0.6 is 11.8 Å². The van der Waals surface area contributed by atoms with E-state index in [9.17, 15) is 0 Å². The third kappa shape index (κ3) is 2.05. The first-order valence-corrected chi connectivity index (χ1v) is 6.59. The zero-order chi connectivity index (χ0) is 11.7. The zero-order valence-electron chi connectivity index (χ0n) is 9.72. The van der Waals surface area contributed by atoms with Crippen LogP contribution in [0.2, 0.25) is 0 Å². The van der Waals surface area contributed by atoms with E-state index in [1.165, 1.54) is 11.3 Å². The highest BCUT2D eigenvalue weighted by Gasteiger charge is 2.26. The largest absolute Gasteiger partial charge is 0.487 e. The van der Waals surface area contributed by atoms with Gasteiger partial charge in [-0.05, 0) is 18.6 Å². The topological polar surface area (TPSA) is 24.8 Å². The summed E-state index contributed by atoms with van der Waals surface area (Å²) in [7, 11) is 0. The van der Waals surface area contributed by atoms with Crippen molar-refractivity contribution in [3.63, 3.8) is 0 Å².